The number of nitrogens with zero attached hydrogens (tertiary/aromatic N) is 2. The van der Waals surface area contributed by atoms with Gasteiger partial charge < -0.3 is 33.8 Å². The minimum atomic E-state index is -1.24. The van der Waals surface area contributed by atoms with Crippen LogP contribution in [0.3, 0.4) is 0 Å². The average molecular weight is 705 g/mol. The van der Waals surface area contributed by atoms with Crippen LogP contribution >= 0.6 is 0 Å². The minimum absolute atomic E-state index is 0.0226. The summed E-state index contributed by atoms with van der Waals surface area (Å²) in [5.74, 6) is -1.62. The van der Waals surface area contributed by atoms with Crippen LogP contribution in [0.15, 0.2) is 85.0 Å². The second-order valence-corrected chi connectivity index (χ2v) is 12.1. The minimum Gasteiger partial charge on any atom is -0.493 e. The lowest BCUT2D eigenvalue weighted by atomic mass is 10.0. The maximum atomic E-state index is 13.8. The molecule has 0 aliphatic rings. The largest absolute Gasteiger partial charge is 0.493 e. The molecule has 0 radical (unpaired) electrons. The van der Waals surface area contributed by atoms with Gasteiger partial charge in [-0.3, -0.25) is 4.79 Å². The van der Waals surface area contributed by atoms with Crippen LogP contribution in [0.25, 0.3) is 28.1 Å². The SMILES string of the molecule is C=C(CCCCO[N+](=O)[O-])C(=O)Oc1ccc(OC(=O)C[C@@H](O)C[C@@H](O)/C=C/c2c(-c3ccc(F)cc3)c3ccccc3n2C(C)C)c(OC)c1. The molecule has 1 aromatic heterocycles. The van der Waals surface area contributed by atoms with Crippen molar-refractivity contribution in [2.45, 2.75) is 64.2 Å². The average Bonchev–Trinajstić information content (AvgIpc) is 3.42. The summed E-state index contributed by atoms with van der Waals surface area (Å²) in [5, 5.41) is 31.8. The van der Waals surface area contributed by atoms with Crippen LogP contribution in [0.1, 0.15) is 57.7 Å². The molecule has 0 bridgehead atoms. The Morgan fingerprint density at radius 2 is 1.75 bits per heavy atom. The number of aliphatic hydroxyl groups excluding tert-OH is 2. The lowest BCUT2D eigenvalue weighted by Crippen LogP contribution is -2.22. The molecule has 0 aliphatic heterocycles. The van der Waals surface area contributed by atoms with Gasteiger partial charge in [0.1, 0.15) is 11.6 Å². The Labute approximate surface area is 294 Å². The zero-order valence-corrected chi connectivity index (χ0v) is 28.6. The standard InChI is InChI=1S/C38H41FN2O10/c1-24(2)40-32-11-6-5-10-31(32)37(26-12-14-27(39)15-13-26)33(40)18-16-28(42)21-29(43)22-36(44)51-34-19-17-30(23-35(34)48-4)50-38(45)25(3)9-7-8-20-49-41(46)47/h5-6,10-19,23-24,28-29,42-43H,3,7-9,20-22H2,1-2,4H3/b18-16+/t28-,29-/m0/s1. The third-order valence-corrected chi connectivity index (χ3v) is 7.92. The number of hydrogen-bond acceptors (Lipinski definition) is 10. The quantitative estimate of drug-likeness (QED) is 0.0276. The molecule has 0 spiro atoms. The first-order valence-electron chi connectivity index (χ1n) is 16.4. The smallest absolute Gasteiger partial charge is 0.338 e. The molecule has 2 N–H and O–H groups in total. The number of hydrogen-bond donors (Lipinski definition) is 2. The summed E-state index contributed by atoms with van der Waals surface area (Å²) < 4.78 is 31.9. The second kappa shape index (κ2) is 17.9. The summed E-state index contributed by atoms with van der Waals surface area (Å²) in [6.45, 7) is 7.69. The number of unbranched alkanes of at least 4 members (excludes halogenated alkanes) is 1. The zero-order valence-electron chi connectivity index (χ0n) is 28.6. The predicted molar refractivity (Wildman–Crippen MR) is 188 cm³/mol. The number of para-hydroxylation sites is 1. The topological polar surface area (TPSA) is 160 Å². The number of benzene rings is 3. The Bertz CT molecular complexity index is 1880. The fraction of sp³-hybridized carbons (Fsp3) is 0.316. The molecule has 12 nitrogen and oxygen atoms in total. The summed E-state index contributed by atoms with van der Waals surface area (Å²) in [7, 11) is 1.34. The Hall–Kier alpha value is -5.53. The van der Waals surface area contributed by atoms with Crippen LogP contribution in [0.5, 0.6) is 17.2 Å². The molecule has 0 saturated heterocycles. The van der Waals surface area contributed by atoms with Gasteiger partial charge in [-0.2, -0.15) is 0 Å². The van der Waals surface area contributed by atoms with E-state index < -0.39 is 35.7 Å². The van der Waals surface area contributed by atoms with Crippen molar-refractivity contribution < 1.29 is 48.3 Å². The van der Waals surface area contributed by atoms with E-state index in [1.807, 2.05) is 38.1 Å². The molecule has 0 saturated carbocycles. The Morgan fingerprint density at radius 1 is 1.02 bits per heavy atom. The molecule has 13 heteroatoms. The van der Waals surface area contributed by atoms with Gasteiger partial charge >= 0.3 is 11.9 Å². The Kier molecular flexibility index (Phi) is 13.5. The van der Waals surface area contributed by atoms with Crippen LogP contribution in [0, 0.1) is 15.9 Å². The maximum Gasteiger partial charge on any atom is 0.338 e. The number of esters is 2. The molecule has 2 atom stereocenters. The van der Waals surface area contributed by atoms with E-state index >= 15 is 0 Å². The monoisotopic (exact) mass is 704 g/mol. The normalized spacial score (nSPS) is 12.5. The van der Waals surface area contributed by atoms with Crippen LogP contribution in [0.2, 0.25) is 0 Å². The van der Waals surface area contributed by atoms with Crippen molar-refractivity contribution in [1.29, 1.82) is 0 Å². The highest BCUT2D eigenvalue weighted by molar-refractivity contribution is 6.01. The van der Waals surface area contributed by atoms with Gasteiger partial charge in [0.2, 0.25) is 0 Å². The highest BCUT2D eigenvalue weighted by Crippen LogP contribution is 2.38. The van der Waals surface area contributed by atoms with Crippen molar-refractivity contribution >= 4 is 28.9 Å². The first kappa shape index (κ1) is 38.3. The Morgan fingerprint density at radius 3 is 2.43 bits per heavy atom. The van der Waals surface area contributed by atoms with Crippen molar-refractivity contribution in [3.63, 3.8) is 0 Å². The predicted octanol–water partition coefficient (Wildman–Crippen LogP) is 7.00. The number of rotatable bonds is 18. The molecular formula is C38H41FN2O10. The van der Waals surface area contributed by atoms with Crippen molar-refractivity contribution in [1.82, 2.24) is 4.57 Å². The van der Waals surface area contributed by atoms with Gasteiger partial charge in [-0.1, -0.05) is 43.0 Å². The fourth-order valence-electron chi connectivity index (χ4n) is 5.58. The number of fused-ring (bicyclic) bond motifs is 1. The van der Waals surface area contributed by atoms with Crippen molar-refractivity contribution in [2.24, 2.45) is 0 Å². The third kappa shape index (κ3) is 10.5. The van der Waals surface area contributed by atoms with Gasteiger partial charge in [0.25, 0.3) is 5.09 Å². The molecule has 0 fully saturated rings. The van der Waals surface area contributed by atoms with Crippen LogP contribution in [-0.4, -0.2) is 57.7 Å². The van der Waals surface area contributed by atoms with E-state index in [4.69, 9.17) is 14.2 Å². The van der Waals surface area contributed by atoms with Gasteiger partial charge in [0, 0.05) is 46.3 Å². The summed E-state index contributed by atoms with van der Waals surface area (Å²) in [6.07, 6.45) is 1.43. The Balaban J connectivity index is 1.36. The van der Waals surface area contributed by atoms with E-state index in [0.717, 1.165) is 27.7 Å². The zero-order chi connectivity index (χ0) is 37.1. The first-order valence-corrected chi connectivity index (χ1v) is 16.4. The van der Waals surface area contributed by atoms with E-state index in [1.54, 1.807) is 24.3 Å². The fourth-order valence-corrected chi connectivity index (χ4v) is 5.58. The number of aliphatic hydroxyl groups is 2. The second-order valence-electron chi connectivity index (χ2n) is 12.1. The van der Waals surface area contributed by atoms with Gasteiger partial charge in [0.05, 0.1) is 32.3 Å². The van der Waals surface area contributed by atoms with Gasteiger partial charge in [-0.05, 0) is 75.1 Å². The van der Waals surface area contributed by atoms with Crippen LogP contribution in [0.4, 0.5) is 4.39 Å². The molecule has 0 unspecified atom stereocenters. The lowest BCUT2D eigenvalue weighted by Gasteiger charge is -2.16. The number of methoxy groups -OCH3 is 1. The van der Waals surface area contributed by atoms with Crippen molar-refractivity contribution in [3.05, 3.63) is 107 Å². The number of carbonyl (C=O) groups excluding carboxylic acids is 2. The van der Waals surface area contributed by atoms with Crippen molar-refractivity contribution in [2.75, 3.05) is 13.7 Å². The van der Waals surface area contributed by atoms with Gasteiger partial charge in [-0.25, -0.2) is 9.18 Å². The number of ether oxygens (including phenoxy) is 3. The van der Waals surface area contributed by atoms with Crippen LogP contribution < -0.4 is 14.2 Å². The summed E-state index contributed by atoms with van der Waals surface area (Å²) in [5.41, 5.74) is 3.63. The summed E-state index contributed by atoms with van der Waals surface area (Å²) >= 11 is 0. The van der Waals surface area contributed by atoms with Gasteiger partial charge in [0.15, 0.2) is 11.5 Å². The molecule has 3 aromatic carbocycles. The molecule has 0 aliphatic carbocycles. The maximum absolute atomic E-state index is 13.8. The number of carbonyl (C=O) groups is 2. The van der Waals surface area contributed by atoms with E-state index in [-0.39, 0.29) is 54.1 Å². The highest BCUT2D eigenvalue weighted by Gasteiger charge is 2.21. The summed E-state index contributed by atoms with van der Waals surface area (Å²) in [6, 6.07) is 18.3. The molecule has 0 amide bonds. The summed E-state index contributed by atoms with van der Waals surface area (Å²) in [4.78, 5) is 39.6. The van der Waals surface area contributed by atoms with E-state index in [1.165, 1.54) is 37.4 Å². The highest BCUT2D eigenvalue weighted by atomic mass is 19.1. The number of halogens is 1. The van der Waals surface area contributed by atoms with Crippen LogP contribution in [-0.2, 0) is 14.4 Å². The third-order valence-electron chi connectivity index (χ3n) is 7.92. The molecular weight excluding hydrogens is 663 g/mol. The molecule has 4 aromatic rings. The lowest BCUT2D eigenvalue weighted by molar-refractivity contribution is -0.757. The van der Waals surface area contributed by atoms with Gasteiger partial charge in [-0.15, -0.1) is 10.1 Å². The van der Waals surface area contributed by atoms with E-state index in [2.05, 4.69) is 16.0 Å². The molecule has 4 rings (SSSR count). The van der Waals surface area contributed by atoms with Crippen molar-refractivity contribution in [3.8, 4) is 28.4 Å². The molecule has 1 heterocycles. The van der Waals surface area contributed by atoms with E-state index in [9.17, 15) is 34.3 Å². The number of aromatic nitrogens is 1. The van der Waals surface area contributed by atoms with E-state index in [0.29, 0.717) is 12.8 Å². The molecule has 270 valence electrons. The molecule has 51 heavy (non-hydrogen) atoms. The first-order chi connectivity index (χ1) is 24.4.